The predicted octanol–water partition coefficient (Wildman–Crippen LogP) is 9.61. The quantitative estimate of drug-likeness (QED) is 0.136. The van der Waals surface area contributed by atoms with Crippen LogP contribution < -0.4 is 0 Å². The molecule has 0 aliphatic rings. The van der Waals surface area contributed by atoms with E-state index in [1.807, 2.05) is 0 Å². The Kier molecular flexibility index (Phi) is 13.3. The van der Waals surface area contributed by atoms with Gasteiger partial charge in [-0.05, 0) is 12.5 Å². The van der Waals surface area contributed by atoms with E-state index in [-0.39, 0.29) is 0 Å². The molecule has 0 radical (unpaired) electrons. The van der Waals surface area contributed by atoms with Gasteiger partial charge >= 0.3 is 83.3 Å². The lowest BCUT2D eigenvalue weighted by atomic mass is 9.87. The monoisotopic (exact) mass is 804 g/mol. The van der Waals surface area contributed by atoms with Crippen molar-refractivity contribution in [2.24, 2.45) is 0 Å². The lowest BCUT2D eigenvalue weighted by Gasteiger charge is -2.42. The molecule has 0 aliphatic carbocycles. The summed E-state index contributed by atoms with van der Waals surface area (Å²) < 4.78 is 322. The number of hydrogen-bond acceptors (Lipinski definition) is 2. The smallest absolute Gasteiger partial charge is 0.460 e. The minimum Gasteiger partial charge on any atom is -0.478 e. The molecule has 0 heterocycles. The summed E-state index contributed by atoms with van der Waals surface area (Å²) in [6.45, 7) is 0.0374. The van der Waals surface area contributed by atoms with Crippen LogP contribution in [0.4, 0.5) is 110 Å². The van der Waals surface area contributed by atoms with E-state index in [1.165, 1.54) is 0 Å². The first-order chi connectivity index (χ1) is 21.3. The van der Waals surface area contributed by atoms with Crippen LogP contribution in [0.5, 0.6) is 0 Å². The fourth-order valence-corrected chi connectivity index (χ4v) is 2.65. The number of carboxylic acids is 2. The molecule has 0 atom stereocenters. The second-order valence-electron chi connectivity index (χ2n) is 9.18. The summed E-state index contributed by atoms with van der Waals surface area (Å²) in [4.78, 5) is 20.4. The van der Waals surface area contributed by atoms with Gasteiger partial charge in [0.15, 0.2) is 0 Å². The van der Waals surface area contributed by atoms with Gasteiger partial charge in [0.05, 0.1) is 0 Å². The number of hydrogen-bond donors (Lipinski definition) is 2. The number of rotatable bonds is 14. The highest BCUT2D eigenvalue weighted by Gasteiger charge is 2.95. The molecule has 0 amide bonds. The maximum atomic E-state index is 13.7. The zero-order valence-electron chi connectivity index (χ0n) is 23.1. The molecule has 0 saturated carbocycles. The Balaban J connectivity index is 0. The average Bonchev–Trinajstić information content (AvgIpc) is 2.88. The van der Waals surface area contributed by atoms with Crippen LogP contribution in [0.1, 0.15) is 20.3 Å². The third-order valence-electron chi connectivity index (χ3n) is 5.50. The summed E-state index contributed by atoms with van der Waals surface area (Å²) in [5.41, 5.74) is -3.13. The van der Waals surface area contributed by atoms with Crippen LogP contribution in [0.25, 0.3) is 0 Å². The molecule has 0 aromatic rings. The van der Waals surface area contributed by atoms with E-state index < -0.39 is 120 Å². The Bertz CT molecular complexity index is 1290. The van der Waals surface area contributed by atoms with Gasteiger partial charge in [-0.2, -0.15) is 110 Å². The van der Waals surface area contributed by atoms with Gasteiger partial charge in [0.2, 0.25) is 0 Å². The van der Waals surface area contributed by atoms with Gasteiger partial charge < -0.3 is 10.2 Å². The predicted molar refractivity (Wildman–Crippen MR) is 109 cm³/mol. The third-order valence-corrected chi connectivity index (χ3v) is 5.50. The number of aliphatic carboxylic acids is 2. The number of carbonyl (C=O) groups is 2. The maximum Gasteiger partial charge on any atom is 0.460 e. The first kappa shape index (κ1) is 48.8. The second kappa shape index (κ2) is 13.7. The molecule has 0 aromatic heterocycles. The van der Waals surface area contributed by atoms with Crippen LogP contribution in [0.3, 0.4) is 0 Å². The summed E-state index contributed by atoms with van der Waals surface area (Å²) in [6, 6.07) is 0. The fraction of sp³-hybridized carbons (Fsp3) is 0.714. The molecule has 29 heteroatoms. The van der Waals surface area contributed by atoms with Crippen molar-refractivity contribution in [2.45, 2.75) is 91.6 Å². The molecule has 0 spiro atoms. The van der Waals surface area contributed by atoms with Crippen LogP contribution in [0, 0.1) is 0 Å². The molecule has 0 aromatic carbocycles. The molecule has 50 heavy (non-hydrogen) atoms. The zero-order valence-corrected chi connectivity index (χ0v) is 23.1. The molecule has 4 nitrogen and oxygen atoms in total. The van der Waals surface area contributed by atoms with Gasteiger partial charge in [0, 0.05) is 13.0 Å². The van der Waals surface area contributed by atoms with E-state index in [2.05, 4.69) is 0 Å². The lowest BCUT2D eigenvalue weighted by Crippen LogP contribution is -2.74. The summed E-state index contributed by atoms with van der Waals surface area (Å²) in [5, 5.41) is 16.3. The summed E-state index contributed by atoms with van der Waals surface area (Å²) >= 11 is 0. The van der Waals surface area contributed by atoms with Gasteiger partial charge in [-0.3, -0.25) is 0 Å². The number of allylic oxidation sites excluding steroid dienone is 2. The normalized spacial score (nSPS) is 15.9. The molecule has 2 N–H and O–H groups in total. The van der Waals surface area contributed by atoms with Crippen molar-refractivity contribution in [3.63, 3.8) is 0 Å². The fourth-order valence-electron chi connectivity index (χ4n) is 2.65. The van der Waals surface area contributed by atoms with Gasteiger partial charge in [-0.1, -0.05) is 13.0 Å². The second-order valence-corrected chi connectivity index (χ2v) is 9.18. The van der Waals surface area contributed by atoms with E-state index in [4.69, 9.17) is 10.2 Å². The van der Waals surface area contributed by atoms with E-state index in [0.29, 0.717) is 6.92 Å². The van der Waals surface area contributed by atoms with Crippen molar-refractivity contribution in [2.75, 3.05) is 0 Å². The van der Waals surface area contributed by atoms with Crippen molar-refractivity contribution < 1.29 is 130 Å². The molecule has 296 valence electrons. The SMILES string of the molecule is CC(F)(F)C(F)(F)C(F)(F)C(F)(F)C=CC(=O)O.CCC=C(C(=O)O)C(F)(F)C(F)(F)C(F)(F)C(F)(F)C(F)(F)C(F)(F)C(F)(F)C(F)(F)F. The lowest BCUT2D eigenvalue weighted by molar-refractivity contribution is -0.460. The van der Waals surface area contributed by atoms with Crippen LogP contribution in [0.15, 0.2) is 23.8 Å². The highest BCUT2D eigenvalue weighted by atomic mass is 19.4. The largest absolute Gasteiger partial charge is 0.478 e. The Hall–Kier alpha value is -3.33. The Morgan fingerprint density at radius 3 is 1.08 bits per heavy atom. The molecule has 0 unspecified atom stereocenters. The highest BCUT2D eigenvalue weighted by Crippen LogP contribution is 2.64. The van der Waals surface area contributed by atoms with Crippen molar-refractivity contribution in [3.8, 4) is 0 Å². The Labute approximate surface area is 258 Å². The van der Waals surface area contributed by atoms with Crippen LogP contribution >= 0.6 is 0 Å². The average molecular weight is 804 g/mol. The van der Waals surface area contributed by atoms with Crippen LogP contribution in [-0.2, 0) is 9.59 Å². The van der Waals surface area contributed by atoms with Gasteiger partial charge in [0.25, 0.3) is 0 Å². The van der Waals surface area contributed by atoms with Gasteiger partial charge in [-0.25, -0.2) is 9.59 Å². The van der Waals surface area contributed by atoms with E-state index in [0.717, 1.165) is 0 Å². The molecule has 0 saturated heterocycles. The molecule has 0 rings (SSSR count). The topological polar surface area (TPSA) is 74.6 Å². The summed E-state index contributed by atoms with van der Waals surface area (Å²) in [6.07, 6.45) is -11.0. The number of alkyl halides is 25. The first-order valence-corrected chi connectivity index (χ1v) is 11.4. The van der Waals surface area contributed by atoms with Crippen LogP contribution in [0.2, 0.25) is 0 Å². The standard InChI is InChI=1S/C13H7F17O2.C8H6F8O2/c1-2-3-4(5(31)32)6(14,15)7(16,17)8(18,19)9(20,21)10(22,23)11(24,25)12(26,27)13(28,29)30;1-5(9,10)7(13,14)8(15,16)6(11,12)3-2-4(17)18/h3H,2H2,1H3,(H,31,32);2-3H,1H3,(H,17,18). The Morgan fingerprint density at radius 1 is 0.500 bits per heavy atom. The van der Waals surface area contributed by atoms with Crippen molar-refractivity contribution in [3.05, 3.63) is 23.8 Å². The minimum atomic E-state index is -8.75. The van der Waals surface area contributed by atoms with Crippen LogP contribution in [-0.4, -0.2) is 93.5 Å². The number of halogens is 25. The van der Waals surface area contributed by atoms with Crippen molar-refractivity contribution in [1.29, 1.82) is 0 Å². The molecule has 0 aliphatic heterocycles. The first-order valence-electron chi connectivity index (χ1n) is 11.4. The van der Waals surface area contributed by atoms with E-state index in [1.54, 1.807) is 0 Å². The molecule has 0 bridgehead atoms. The van der Waals surface area contributed by atoms with Gasteiger partial charge in [-0.15, -0.1) is 0 Å². The summed E-state index contributed by atoms with van der Waals surface area (Å²) in [7, 11) is 0. The highest BCUT2D eigenvalue weighted by molar-refractivity contribution is 5.88. The van der Waals surface area contributed by atoms with Gasteiger partial charge in [0.1, 0.15) is 5.57 Å². The zero-order chi connectivity index (χ0) is 41.6. The minimum absolute atomic E-state index is 0.505. The number of carboxylic acid groups (broad SMARTS) is 2. The summed E-state index contributed by atoms with van der Waals surface area (Å²) in [5.74, 6) is -87.3. The molecular weight excluding hydrogens is 791 g/mol. The van der Waals surface area contributed by atoms with E-state index >= 15 is 0 Å². The van der Waals surface area contributed by atoms with Crippen molar-refractivity contribution >= 4 is 11.9 Å². The maximum absolute atomic E-state index is 13.7. The molecule has 0 fully saturated rings. The van der Waals surface area contributed by atoms with Crippen molar-refractivity contribution in [1.82, 2.24) is 0 Å². The Morgan fingerprint density at radius 2 is 0.820 bits per heavy atom. The van der Waals surface area contributed by atoms with E-state index in [9.17, 15) is 119 Å². The third kappa shape index (κ3) is 7.63. The molecular formula is C21H13F25O4.